The Bertz CT molecular complexity index is 1320. The van der Waals surface area contributed by atoms with Gasteiger partial charge in [-0.05, 0) is 67.1 Å². The average Bonchev–Trinajstić information content (AvgIpc) is 3.00. The molecule has 0 saturated carbocycles. The van der Waals surface area contributed by atoms with Crippen LogP contribution in [-0.2, 0) is 9.59 Å². The number of benzene rings is 3. The molecule has 0 bridgehead atoms. The van der Waals surface area contributed by atoms with Crippen molar-refractivity contribution in [2.45, 2.75) is 6.92 Å². The first kappa shape index (κ1) is 23.0. The first-order chi connectivity index (χ1) is 15.7. The Morgan fingerprint density at radius 3 is 2.36 bits per heavy atom. The number of aryl methyl sites for hydroxylation is 1. The van der Waals surface area contributed by atoms with Crippen LogP contribution in [-0.4, -0.2) is 17.7 Å². The number of imide groups is 1. The Balaban J connectivity index is 1.56. The quantitative estimate of drug-likeness (QED) is 0.380. The molecule has 1 aliphatic heterocycles. The molecule has 9 heteroatoms. The van der Waals surface area contributed by atoms with E-state index in [4.69, 9.17) is 23.2 Å². The van der Waals surface area contributed by atoms with E-state index in [1.165, 1.54) is 6.07 Å². The maximum Gasteiger partial charge on any atom is 0.283 e. The number of carbonyl (C=O) groups excluding carboxylic acids is 3. The first-order valence-electron chi connectivity index (χ1n) is 9.73. The van der Waals surface area contributed by atoms with E-state index in [9.17, 15) is 14.4 Å². The van der Waals surface area contributed by atoms with Crippen LogP contribution in [0.15, 0.2) is 81.9 Å². The van der Waals surface area contributed by atoms with Gasteiger partial charge < -0.3 is 10.6 Å². The van der Waals surface area contributed by atoms with Gasteiger partial charge in [-0.15, -0.1) is 0 Å². The highest BCUT2D eigenvalue weighted by atomic mass is 79.9. The molecule has 0 aromatic heterocycles. The van der Waals surface area contributed by atoms with E-state index in [0.29, 0.717) is 33.2 Å². The second-order valence-electron chi connectivity index (χ2n) is 7.23. The van der Waals surface area contributed by atoms with Gasteiger partial charge in [0, 0.05) is 26.4 Å². The number of carbonyl (C=O) groups is 3. The lowest BCUT2D eigenvalue weighted by atomic mass is 10.1. The van der Waals surface area contributed by atoms with E-state index in [0.717, 1.165) is 9.37 Å². The summed E-state index contributed by atoms with van der Waals surface area (Å²) in [4.78, 5) is 39.4. The van der Waals surface area contributed by atoms with E-state index in [1.807, 2.05) is 12.1 Å². The monoisotopic (exact) mass is 543 g/mol. The predicted molar refractivity (Wildman–Crippen MR) is 134 cm³/mol. The molecule has 0 fully saturated rings. The van der Waals surface area contributed by atoms with Crippen molar-refractivity contribution in [2.24, 2.45) is 0 Å². The van der Waals surface area contributed by atoms with Gasteiger partial charge >= 0.3 is 0 Å². The molecular weight excluding hydrogens is 529 g/mol. The van der Waals surface area contributed by atoms with Crippen LogP contribution in [0.2, 0.25) is 5.02 Å². The van der Waals surface area contributed by atoms with E-state index >= 15 is 0 Å². The number of anilines is 3. The van der Waals surface area contributed by atoms with E-state index in [1.54, 1.807) is 55.5 Å². The molecule has 166 valence electrons. The second kappa shape index (κ2) is 9.39. The number of amides is 3. The molecule has 3 aromatic rings. The third kappa shape index (κ3) is 4.80. The normalized spacial score (nSPS) is 13.5. The van der Waals surface area contributed by atoms with Gasteiger partial charge in [0.25, 0.3) is 17.7 Å². The summed E-state index contributed by atoms with van der Waals surface area (Å²) in [5.41, 5.74) is 2.40. The molecule has 3 amide bonds. The van der Waals surface area contributed by atoms with Crippen molar-refractivity contribution >= 4 is 73.9 Å². The zero-order chi connectivity index (χ0) is 23.7. The standard InChI is InChI=1S/C24H16BrCl2N3O3/c1-13-5-8-16(26)12-19(13)30-23(32)20(27)21(24(30)33)28-18-4-2-3-14(11-18)22(31)29-17-9-6-15(25)7-10-17/h2-12,28H,1H3,(H,29,31). The number of hydrogen-bond acceptors (Lipinski definition) is 4. The highest BCUT2D eigenvalue weighted by molar-refractivity contribution is 9.10. The van der Waals surface area contributed by atoms with E-state index < -0.39 is 11.8 Å². The van der Waals surface area contributed by atoms with Gasteiger partial charge in [0.1, 0.15) is 10.7 Å². The largest absolute Gasteiger partial charge is 0.350 e. The van der Waals surface area contributed by atoms with Crippen molar-refractivity contribution in [1.29, 1.82) is 0 Å². The van der Waals surface area contributed by atoms with Crippen LogP contribution in [0.25, 0.3) is 0 Å². The minimum atomic E-state index is -0.654. The lowest BCUT2D eigenvalue weighted by molar-refractivity contribution is -0.120. The maximum atomic E-state index is 13.1. The molecule has 6 nitrogen and oxygen atoms in total. The summed E-state index contributed by atoms with van der Waals surface area (Å²) in [6.07, 6.45) is 0. The Hall–Kier alpha value is -3.13. The molecule has 3 aromatic carbocycles. The number of hydrogen-bond donors (Lipinski definition) is 2. The van der Waals surface area contributed by atoms with Crippen LogP contribution in [0.3, 0.4) is 0 Å². The minimum absolute atomic E-state index is 0.0773. The molecule has 4 rings (SSSR count). The van der Waals surface area contributed by atoms with Gasteiger partial charge in [-0.25, -0.2) is 4.90 Å². The summed E-state index contributed by atoms with van der Waals surface area (Å²) < 4.78 is 0.898. The topological polar surface area (TPSA) is 78.5 Å². The fraction of sp³-hybridized carbons (Fsp3) is 0.0417. The maximum absolute atomic E-state index is 13.1. The van der Waals surface area contributed by atoms with Crippen LogP contribution < -0.4 is 15.5 Å². The van der Waals surface area contributed by atoms with E-state index in [2.05, 4.69) is 26.6 Å². The molecule has 33 heavy (non-hydrogen) atoms. The van der Waals surface area contributed by atoms with Crippen molar-refractivity contribution in [1.82, 2.24) is 0 Å². The molecule has 1 aliphatic rings. The Kier molecular flexibility index (Phi) is 6.56. The summed E-state index contributed by atoms with van der Waals surface area (Å²) in [7, 11) is 0. The smallest absolute Gasteiger partial charge is 0.283 e. The summed E-state index contributed by atoms with van der Waals surface area (Å²) in [5, 5.41) is 5.83. The van der Waals surface area contributed by atoms with Gasteiger partial charge in [0.2, 0.25) is 0 Å². The average molecular weight is 545 g/mol. The lowest BCUT2D eigenvalue weighted by Crippen LogP contribution is -2.32. The van der Waals surface area contributed by atoms with Gasteiger partial charge in [-0.2, -0.15) is 0 Å². The number of nitrogens with zero attached hydrogens (tertiary/aromatic N) is 1. The minimum Gasteiger partial charge on any atom is -0.350 e. The number of rotatable bonds is 5. The summed E-state index contributed by atoms with van der Waals surface area (Å²) in [6.45, 7) is 1.76. The summed E-state index contributed by atoms with van der Waals surface area (Å²) in [6, 6.07) is 18.6. The third-order valence-corrected chi connectivity index (χ3v) is 6.05. The van der Waals surface area contributed by atoms with Crippen molar-refractivity contribution in [3.05, 3.63) is 98.1 Å². The molecule has 1 heterocycles. The molecular formula is C24H16BrCl2N3O3. The van der Waals surface area contributed by atoms with Crippen molar-refractivity contribution in [3.63, 3.8) is 0 Å². The van der Waals surface area contributed by atoms with Crippen molar-refractivity contribution < 1.29 is 14.4 Å². The Morgan fingerprint density at radius 1 is 0.909 bits per heavy atom. The summed E-state index contributed by atoms with van der Waals surface area (Å²) >= 11 is 15.6. The van der Waals surface area contributed by atoms with Gasteiger partial charge in [0.05, 0.1) is 5.69 Å². The zero-order valence-electron chi connectivity index (χ0n) is 17.2. The SMILES string of the molecule is Cc1ccc(Cl)cc1N1C(=O)C(Cl)=C(Nc2cccc(C(=O)Nc3ccc(Br)cc3)c2)C1=O. The molecule has 0 saturated heterocycles. The molecule has 0 atom stereocenters. The van der Waals surface area contributed by atoms with Crippen LogP contribution in [0.5, 0.6) is 0 Å². The first-order valence-corrected chi connectivity index (χ1v) is 11.3. The highest BCUT2D eigenvalue weighted by Gasteiger charge is 2.39. The fourth-order valence-electron chi connectivity index (χ4n) is 3.27. The van der Waals surface area contributed by atoms with Gasteiger partial charge in [0.15, 0.2) is 0 Å². The van der Waals surface area contributed by atoms with Crippen molar-refractivity contribution in [3.8, 4) is 0 Å². The van der Waals surface area contributed by atoms with Crippen LogP contribution in [0.1, 0.15) is 15.9 Å². The fourth-order valence-corrected chi connectivity index (χ4v) is 3.92. The van der Waals surface area contributed by atoms with Crippen LogP contribution in [0.4, 0.5) is 17.1 Å². The second-order valence-corrected chi connectivity index (χ2v) is 8.96. The lowest BCUT2D eigenvalue weighted by Gasteiger charge is -2.18. The van der Waals surface area contributed by atoms with Crippen molar-refractivity contribution in [2.75, 3.05) is 15.5 Å². The number of halogens is 3. The summed E-state index contributed by atoms with van der Waals surface area (Å²) in [5.74, 6) is -1.59. The van der Waals surface area contributed by atoms with Gasteiger partial charge in [-0.1, -0.05) is 51.3 Å². The molecule has 2 N–H and O–H groups in total. The zero-order valence-corrected chi connectivity index (χ0v) is 20.3. The third-order valence-electron chi connectivity index (χ3n) is 4.94. The molecule has 0 spiro atoms. The van der Waals surface area contributed by atoms with E-state index in [-0.39, 0.29) is 16.6 Å². The van der Waals surface area contributed by atoms with Crippen LogP contribution >= 0.6 is 39.1 Å². The molecule has 0 unspecified atom stereocenters. The predicted octanol–water partition coefficient (Wildman–Crippen LogP) is 6.10. The molecule has 0 radical (unpaired) electrons. The molecule has 0 aliphatic carbocycles. The van der Waals surface area contributed by atoms with Crippen LogP contribution in [0, 0.1) is 6.92 Å². The van der Waals surface area contributed by atoms with Gasteiger partial charge in [-0.3, -0.25) is 14.4 Å². The Labute approximate surface area is 208 Å². The highest BCUT2D eigenvalue weighted by Crippen LogP contribution is 2.33. The Morgan fingerprint density at radius 2 is 1.64 bits per heavy atom. The number of nitrogens with one attached hydrogen (secondary N) is 2.